The van der Waals surface area contributed by atoms with Crippen LogP contribution < -0.4 is 0 Å². The number of carboxylic acid groups (broad SMARTS) is 1. The lowest BCUT2D eigenvalue weighted by atomic mass is 10.1. The lowest BCUT2D eigenvalue weighted by molar-refractivity contribution is -0.131. The summed E-state index contributed by atoms with van der Waals surface area (Å²) in [5.74, 6) is 1.22. The van der Waals surface area contributed by atoms with E-state index in [0.29, 0.717) is 0 Å². The van der Waals surface area contributed by atoms with E-state index in [9.17, 15) is 4.79 Å². The van der Waals surface area contributed by atoms with Crippen LogP contribution in [0.5, 0.6) is 0 Å². The van der Waals surface area contributed by atoms with Gasteiger partial charge in [-0.1, -0.05) is 44.0 Å². The number of hydrogen-bond donors (Lipinski definition) is 1. The van der Waals surface area contributed by atoms with Crippen LogP contribution in [0.1, 0.15) is 37.3 Å². The Morgan fingerprint density at radius 1 is 1.33 bits per heavy atom. The van der Waals surface area contributed by atoms with Gasteiger partial charge in [-0.25, -0.2) is 4.79 Å². The van der Waals surface area contributed by atoms with Crippen molar-refractivity contribution in [3.63, 3.8) is 0 Å². The minimum Gasteiger partial charge on any atom is -0.478 e. The number of carbonyl (C=O) groups is 1. The highest BCUT2D eigenvalue weighted by Crippen LogP contribution is 2.19. The molecule has 0 amide bonds. The minimum absolute atomic E-state index is 0.902. The van der Waals surface area contributed by atoms with Crippen LogP contribution in [0.2, 0.25) is 0 Å². The largest absolute Gasteiger partial charge is 0.478 e. The maximum atomic E-state index is 10.5. The van der Waals surface area contributed by atoms with Crippen LogP contribution in [-0.4, -0.2) is 16.8 Å². The second kappa shape index (κ2) is 8.81. The molecule has 0 aliphatic heterocycles. The van der Waals surface area contributed by atoms with Gasteiger partial charge in [-0.3, -0.25) is 0 Å². The number of hydrogen-bond acceptors (Lipinski definition) is 2. The zero-order chi connectivity index (χ0) is 13.2. The first-order valence-corrected chi connectivity index (χ1v) is 7.46. The Morgan fingerprint density at radius 3 is 2.83 bits per heavy atom. The molecular formula is C15H20O2S. The molecule has 1 N–H and O–H groups in total. The van der Waals surface area contributed by atoms with Crippen LogP contribution >= 0.6 is 11.8 Å². The topological polar surface area (TPSA) is 37.3 Å². The van der Waals surface area contributed by atoms with Crippen molar-refractivity contribution >= 4 is 23.8 Å². The van der Waals surface area contributed by atoms with Crippen LogP contribution in [0, 0.1) is 0 Å². The SMILES string of the molecule is CCCCCSCc1ccccc1/C=C/C(=O)O. The molecule has 0 aromatic heterocycles. The first-order valence-electron chi connectivity index (χ1n) is 6.30. The van der Waals surface area contributed by atoms with Crippen LogP contribution in [-0.2, 0) is 10.5 Å². The van der Waals surface area contributed by atoms with E-state index in [0.717, 1.165) is 11.3 Å². The Hall–Kier alpha value is -1.22. The lowest BCUT2D eigenvalue weighted by Crippen LogP contribution is -1.90. The number of rotatable bonds is 8. The molecule has 0 bridgehead atoms. The van der Waals surface area contributed by atoms with Crippen LogP contribution in [0.25, 0.3) is 6.08 Å². The molecule has 0 saturated carbocycles. The Labute approximate surface area is 113 Å². The molecule has 1 rings (SSSR count). The molecule has 98 valence electrons. The molecule has 2 nitrogen and oxygen atoms in total. The van der Waals surface area contributed by atoms with E-state index in [-0.39, 0.29) is 0 Å². The molecule has 0 atom stereocenters. The maximum absolute atomic E-state index is 10.5. The normalized spacial score (nSPS) is 10.9. The predicted molar refractivity (Wildman–Crippen MR) is 78.8 cm³/mol. The molecule has 18 heavy (non-hydrogen) atoms. The molecule has 0 radical (unpaired) electrons. The zero-order valence-electron chi connectivity index (χ0n) is 10.8. The van der Waals surface area contributed by atoms with Gasteiger partial charge in [0.05, 0.1) is 0 Å². The summed E-state index contributed by atoms with van der Waals surface area (Å²) in [6.45, 7) is 2.21. The van der Waals surface area contributed by atoms with E-state index in [1.807, 2.05) is 30.0 Å². The van der Waals surface area contributed by atoms with Gasteiger partial charge in [0.2, 0.25) is 0 Å². The summed E-state index contributed by atoms with van der Waals surface area (Å²) in [5.41, 5.74) is 2.21. The van der Waals surface area contributed by atoms with Crippen molar-refractivity contribution in [1.29, 1.82) is 0 Å². The third kappa shape index (κ3) is 5.92. The summed E-state index contributed by atoms with van der Waals surface area (Å²) in [4.78, 5) is 10.5. The molecule has 0 aliphatic carbocycles. The van der Waals surface area contributed by atoms with Gasteiger partial charge in [0, 0.05) is 11.8 Å². The van der Waals surface area contributed by atoms with Crippen molar-refractivity contribution in [2.24, 2.45) is 0 Å². The van der Waals surface area contributed by atoms with Crippen molar-refractivity contribution in [3.8, 4) is 0 Å². The molecule has 0 saturated heterocycles. The summed E-state index contributed by atoms with van der Waals surface area (Å²) in [5, 5.41) is 8.65. The standard InChI is InChI=1S/C15H20O2S/c1-2-3-6-11-18-12-14-8-5-4-7-13(14)9-10-15(16)17/h4-5,7-10H,2-3,6,11-12H2,1H3,(H,16,17)/b10-9+. The summed E-state index contributed by atoms with van der Waals surface area (Å²) < 4.78 is 0. The molecule has 0 spiro atoms. The smallest absolute Gasteiger partial charge is 0.328 e. The number of carboxylic acids is 1. The number of thioether (sulfide) groups is 1. The molecule has 1 aromatic carbocycles. The quantitative estimate of drug-likeness (QED) is 0.564. The Bertz CT molecular complexity index is 399. The number of aliphatic carboxylic acids is 1. The van der Waals surface area contributed by atoms with Crippen molar-refractivity contribution in [1.82, 2.24) is 0 Å². The molecule has 3 heteroatoms. The van der Waals surface area contributed by atoms with Gasteiger partial charge in [0.25, 0.3) is 0 Å². The fraction of sp³-hybridized carbons (Fsp3) is 0.400. The second-order valence-corrected chi connectivity index (χ2v) is 5.24. The molecule has 1 aromatic rings. The second-order valence-electron chi connectivity index (χ2n) is 4.13. The summed E-state index contributed by atoms with van der Waals surface area (Å²) in [7, 11) is 0. The fourth-order valence-electron chi connectivity index (χ4n) is 1.63. The van der Waals surface area contributed by atoms with Crippen LogP contribution in [0.3, 0.4) is 0 Å². The first kappa shape index (κ1) is 14.8. The zero-order valence-corrected chi connectivity index (χ0v) is 11.6. The average Bonchev–Trinajstić information content (AvgIpc) is 2.37. The van der Waals surface area contributed by atoms with Gasteiger partial charge in [-0.15, -0.1) is 0 Å². The lowest BCUT2D eigenvalue weighted by Gasteiger charge is -2.05. The molecule has 0 aliphatic rings. The number of benzene rings is 1. The molecular weight excluding hydrogens is 244 g/mol. The highest BCUT2D eigenvalue weighted by molar-refractivity contribution is 7.98. The van der Waals surface area contributed by atoms with Crippen LogP contribution in [0.4, 0.5) is 0 Å². The monoisotopic (exact) mass is 264 g/mol. The summed E-state index contributed by atoms with van der Waals surface area (Å²) in [6, 6.07) is 7.96. The van der Waals surface area contributed by atoms with Gasteiger partial charge in [-0.05, 0) is 29.4 Å². The van der Waals surface area contributed by atoms with Gasteiger partial charge in [-0.2, -0.15) is 11.8 Å². The van der Waals surface area contributed by atoms with E-state index < -0.39 is 5.97 Å². The van der Waals surface area contributed by atoms with Gasteiger partial charge in [0.1, 0.15) is 0 Å². The van der Waals surface area contributed by atoms with Gasteiger partial charge < -0.3 is 5.11 Å². The highest BCUT2D eigenvalue weighted by Gasteiger charge is 1.99. The third-order valence-corrected chi connectivity index (χ3v) is 3.70. The number of unbranched alkanes of at least 4 members (excludes halogenated alkanes) is 2. The van der Waals surface area contributed by atoms with Crippen molar-refractivity contribution in [2.75, 3.05) is 5.75 Å². The molecule has 0 heterocycles. The Balaban J connectivity index is 2.51. The van der Waals surface area contributed by atoms with Crippen molar-refractivity contribution < 1.29 is 9.90 Å². The average molecular weight is 264 g/mol. The minimum atomic E-state index is -0.902. The van der Waals surface area contributed by atoms with E-state index in [1.54, 1.807) is 6.08 Å². The van der Waals surface area contributed by atoms with Crippen molar-refractivity contribution in [3.05, 3.63) is 41.5 Å². The van der Waals surface area contributed by atoms with E-state index in [4.69, 9.17) is 5.11 Å². The van der Waals surface area contributed by atoms with Gasteiger partial charge in [0.15, 0.2) is 0 Å². The fourth-order valence-corrected chi connectivity index (χ4v) is 2.66. The Kier molecular flexibility index (Phi) is 7.26. The first-order chi connectivity index (χ1) is 8.74. The van der Waals surface area contributed by atoms with E-state index >= 15 is 0 Å². The van der Waals surface area contributed by atoms with E-state index in [2.05, 4.69) is 13.0 Å². The highest BCUT2D eigenvalue weighted by atomic mass is 32.2. The van der Waals surface area contributed by atoms with Crippen LogP contribution in [0.15, 0.2) is 30.3 Å². The maximum Gasteiger partial charge on any atom is 0.328 e. The van der Waals surface area contributed by atoms with Crippen molar-refractivity contribution in [2.45, 2.75) is 31.9 Å². The van der Waals surface area contributed by atoms with Gasteiger partial charge >= 0.3 is 5.97 Å². The molecule has 0 unspecified atom stereocenters. The summed E-state index contributed by atoms with van der Waals surface area (Å²) in [6.07, 6.45) is 6.66. The van der Waals surface area contributed by atoms with E-state index in [1.165, 1.54) is 36.7 Å². The molecule has 0 fully saturated rings. The predicted octanol–water partition coefficient (Wildman–Crippen LogP) is 4.21. The Morgan fingerprint density at radius 2 is 2.11 bits per heavy atom. The summed E-state index contributed by atoms with van der Waals surface area (Å²) >= 11 is 1.91. The third-order valence-electron chi connectivity index (χ3n) is 2.61.